The molecular weight excluding hydrogens is 500 g/mol. The van der Waals surface area contributed by atoms with Crippen molar-refractivity contribution in [3.63, 3.8) is 0 Å². The first-order valence-corrected chi connectivity index (χ1v) is 13.7. The molecule has 11 heteroatoms. The van der Waals surface area contributed by atoms with E-state index in [1.54, 1.807) is 36.4 Å². The minimum Gasteiger partial charge on any atom is -0.494 e. The van der Waals surface area contributed by atoms with Crippen molar-refractivity contribution in [2.24, 2.45) is 0 Å². The molecule has 0 atom stereocenters. The monoisotopic (exact) mass is 522 g/mol. The summed E-state index contributed by atoms with van der Waals surface area (Å²) in [7, 11) is -7.57. The number of ether oxygens (including phenoxy) is 1. The molecule has 0 unspecified atom stereocenters. The maximum Gasteiger partial charge on any atom is 0.261 e. The van der Waals surface area contributed by atoms with Crippen LogP contribution in [0, 0.1) is 0 Å². The Hall–Kier alpha value is -3.08. The van der Waals surface area contributed by atoms with E-state index in [4.69, 9.17) is 16.3 Å². The zero-order valence-corrected chi connectivity index (χ0v) is 20.6. The SMILES string of the molecule is CCOc1ccc(NS(=O)(=O)c2ccc(NC(=O)CCS(=O)(=O)c3ccccc3Cl)cc2)cc1. The second-order valence-electron chi connectivity index (χ2n) is 7.13. The maximum atomic E-state index is 12.6. The molecule has 3 aromatic carbocycles. The summed E-state index contributed by atoms with van der Waals surface area (Å²) in [6, 6.07) is 18.1. The number of amides is 1. The molecule has 8 nitrogen and oxygen atoms in total. The van der Waals surface area contributed by atoms with Crippen molar-refractivity contribution in [2.75, 3.05) is 22.4 Å². The smallest absolute Gasteiger partial charge is 0.261 e. The van der Waals surface area contributed by atoms with E-state index in [1.807, 2.05) is 6.92 Å². The Morgan fingerprint density at radius 2 is 1.50 bits per heavy atom. The lowest BCUT2D eigenvalue weighted by molar-refractivity contribution is -0.115. The van der Waals surface area contributed by atoms with E-state index in [9.17, 15) is 21.6 Å². The fourth-order valence-electron chi connectivity index (χ4n) is 2.97. The van der Waals surface area contributed by atoms with Gasteiger partial charge in [0.2, 0.25) is 5.91 Å². The minimum atomic E-state index is -3.84. The molecular formula is C23H23ClN2O6S2. The van der Waals surface area contributed by atoms with E-state index in [0.29, 0.717) is 23.7 Å². The van der Waals surface area contributed by atoms with Gasteiger partial charge in [0.25, 0.3) is 10.0 Å². The van der Waals surface area contributed by atoms with Crippen molar-refractivity contribution in [3.05, 3.63) is 77.8 Å². The number of sulfonamides is 1. The first kappa shape index (κ1) is 25.5. The highest BCUT2D eigenvalue weighted by Crippen LogP contribution is 2.23. The van der Waals surface area contributed by atoms with Gasteiger partial charge in [0.15, 0.2) is 9.84 Å². The quantitative estimate of drug-likeness (QED) is 0.409. The van der Waals surface area contributed by atoms with Crippen LogP contribution in [-0.4, -0.2) is 35.1 Å². The van der Waals surface area contributed by atoms with Gasteiger partial charge in [-0.2, -0.15) is 0 Å². The van der Waals surface area contributed by atoms with Gasteiger partial charge in [-0.05, 0) is 67.6 Å². The third kappa shape index (κ3) is 6.72. The molecule has 0 radical (unpaired) electrons. The molecule has 0 heterocycles. The fourth-order valence-corrected chi connectivity index (χ4v) is 5.85. The minimum absolute atomic E-state index is 0.000631. The Labute approximate surface area is 203 Å². The van der Waals surface area contributed by atoms with Gasteiger partial charge < -0.3 is 10.1 Å². The third-order valence-corrected chi connectivity index (χ3v) is 8.24. The molecule has 0 bridgehead atoms. The average Bonchev–Trinajstić information content (AvgIpc) is 2.80. The number of halogens is 1. The Morgan fingerprint density at radius 1 is 0.882 bits per heavy atom. The molecule has 0 saturated heterocycles. The zero-order chi connectivity index (χ0) is 24.8. The lowest BCUT2D eigenvalue weighted by atomic mass is 10.3. The summed E-state index contributed by atoms with van der Waals surface area (Å²) in [5.41, 5.74) is 0.709. The van der Waals surface area contributed by atoms with Crippen LogP contribution < -0.4 is 14.8 Å². The zero-order valence-electron chi connectivity index (χ0n) is 18.2. The van der Waals surface area contributed by atoms with Gasteiger partial charge in [-0.3, -0.25) is 9.52 Å². The number of carbonyl (C=O) groups excluding carboxylic acids is 1. The Balaban J connectivity index is 1.59. The van der Waals surface area contributed by atoms with Crippen molar-refractivity contribution < 1.29 is 26.4 Å². The Kier molecular flexibility index (Phi) is 8.19. The summed E-state index contributed by atoms with van der Waals surface area (Å²) in [5.74, 6) is -0.315. The second-order valence-corrected chi connectivity index (χ2v) is 11.3. The molecule has 0 saturated carbocycles. The second kappa shape index (κ2) is 10.9. The van der Waals surface area contributed by atoms with Crippen LogP contribution in [0.1, 0.15) is 13.3 Å². The number of rotatable bonds is 10. The molecule has 3 rings (SSSR count). The van der Waals surface area contributed by atoms with Crippen LogP contribution in [0.15, 0.2) is 82.6 Å². The predicted octanol–water partition coefficient (Wildman–Crippen LogP) is 4.34. The summed E-state index contributed by atoms with van der Waals surface area (Å²) in [4.78, 5) is 12.2. The van der Waals surface area contributed by atoms with Crippen molar-refractivity contribution in [2.45, 2.75) is 23.1 Å². The van der Waals surface area contributed by atoms with Gasteiger partial charge in [0.1, 0.15) is 5.75 Å². The van der Waals surface area contributed by atoms with Crippen molar-refractivity contribution in [1.82, 2.24) is 0 Å². The number of benzene rings is 3. The van der Waals surface area contributed by atoms with E-state index >= 15 is 0 Å². The first-order valence-electron chi connectivity index (χ1n) is 10.2. The molecule has 3 aromatic rings. The summed E-state index contributed by atoms with van der Waals surface area (Å²) >= 11 is 5.94. The van der Waals surface area contributed by atoms with E-state index in [1.165, 1.54) is 36.4 Å². The van der Waals surface area contributed by atoms with Crippen molar-refractivity contribution in [3.8, 4) is 5.75 Å². The van der Waals surface area contributed by atoms with Crippen LogP contribution in [-0.2, 0) is 24.7 Å². The van der Waals surface area contributed by atoms with Gasteiger partial charge in [-0.15, -0.1) is 0 Å². The number of hydrogen-bond acceptors (Lipinski definition) is 6. The van der Waals surface area contributed by atoms with Gasteiger partial charge in [0.05, 0.1) is 27.2 Å². The lowest BCUT2D eigenvalue weighted by Gasteiger charge is -2.10. The van der Waals surface area contributed by atoms with Crippen LogP contribution in [0.4, 0.5) is 11.4 Å². The first-order chi connectivity index (χ1) is 16.1. The summed E-state index contributed by atoms with van der Waals surface area (Å²) in [6.07, 6.45) is -0.285. The molecule has 0 aliphatic carbocycles. The standard InChI is InChI=1S/C23H23ClN2O6S2/c1-2-32-19-11-7-18(8-12-19)26-34(30,31)20-13-9-17(10-14-20)25-23(27)15-16-33(28,29)22-6-4-3-5-21(22)24/h3-14,26H,2,15-16H2,1H3,(H,25,27). The van der Waals surface area contributed by atoms with Crippen LogP contribution >= 0.6 is 11.6 Å². The molecule has 0 aromatic heterocycles. The Morgan fingerprint density at radius 3 is 2.12 bits per heavy atom. The highest BCUT2D eigenvalue weighted by atomic mass is 35.5. The van der Waals surface area contributed by atoms with Crippen molar-refractivity contribution >= 4 is 48.7 Å². The average molecular weight is 523 g/mol. The molecule has 0 aliphatic heterocycles. The van der Waals surface area contributed by atoms with Crippen LogP contribution in [0.3, 0.4) is 0 Å². The summed E-state index contributed by atoms with van der Waals surface area (Å²) in [6.45, 7) is 2.36. The van der Waals surface area contributed by atoms with Crippen LogP contribution in [0.25, 0.3) is 0 Å². The predicted molar refractivity (Wildman–Crippen MR) is 132 cm³/mol. The largest absolute Gasteiger partial charge is 0.494 e. The lowest BCUT2D eigenvalue weighted by Crippen LogP contribution is -2.18. The number of hydrogen-bond donors (Lipinski definition) is 2. The van der Waals surface area contributed by atoms with Crippen LogP contribution in [0.5, 0.6) is 5.75 Å². The van der Waals surface area contributed by atoms with Gasteiger partial charge in [0, 0.05) is 17.8 Å². The van der Waals surface area contributed by atoms with E-state index in [0.717, 1.165) is 0 Å². The Bertz CT molecular complexity index is 1360. The molecule has 34 heavy (non-hydrogen) atoms. The molecule has 1 amide bonds. The number of carbonyl (C=O) groups is 1. The number of nitrogens with one attached hydrogen (secondary N) is 2. The van der Waals surface area contributed by atoms with Gasteiger partial charge >= 0.3 is 0 Å². The number of sulfone groups is 1. The van der Waals surface area contributed by atoms with Gasteiger partial charge in [-0.1, -0.05) is 23.7 Å². The molecule has 0 fully saturated rings. The maximum absolute atomic E-state index is 12.6. The van der Waals surface area contributed by atoms with E-state index in [2.05, 4.69) is 10.0 Å². The topological polar surface area (TPSA) is 119 Å². The summed E-state index contributed by atoms with van der Waals surface area (Å²) < 4.78 is 57.9. The molecule has 0 spiro atoms. The fraction of sp³-hybridized carbons (Fsp3) is 0.174. The highest BCUT2D eigenvalue weighted by molar-refractivity contribution is 7.92. The summed E-state index contributed by atoms with van der Waals surface area (Å²) in [5, 5.41) is 2.66. The van der Waals surface area contributed by atoms with E-state index < -0.39 is 31.5 Å². The molecule has 2 N–H and O–H groups in total. The van der Waals surface area contributed by atoms with E-state index in [-0.39, 0.29) is 21.2 Å². The third-order valence-electron chi connectivity index (χ3n) is 4.64. The number of anilines is 2. The highest BCUT2D eigenvalue weighted by Gasteiger charge is 2.19. The molecule has 0 aliphatic rings. The van der Waals surface area contributed by atoms with Crippen molar-refractivity contribution in [1.29, 1.82) is 0 Å². The van der Waals surface area contributed by atoms with Gasteiger partial charge in [-0.25, -0.2) is 16.8 Å². The molecule has 180 valence electrons. The van der Waals surface area contributed by atoms with Crippen LogP contribution in [0.2, 0.25) is 5.02 Å². The normalized spacial score (nSPS) is 11.6.